The number of carbonyl (C=O) groups is 2. The molecule has 0 radical (unpaired) electrons. The molecule has 0 aromatic carbocycles. The molecule has 100 valence electrons. The molecule has 0 bridgehead atoms. The normalized spacial score (nSPS) is 20.3. The van der Waals surface area contributed by atoms with Gasteiger partial charge in [-0.15, -0.1) is 24.2 Å². The number of nitrogens with one attached hydrogen (secondary N) is 2. The molecule has 5 nitrogen and oxygen atoms in total. The number of likely N-dealkylation sites (N-methyl/N-ethyl adjacent to an activating group) is 1. The van der Waals surface area contributed by atoms with Crippen LogP contribution in [0.5, 0.6) is 0 Å². The van der Waals surface area contributed by atoms with Gasteiger partial charge in [0.15, 0.2) is 0 Å². The molecular formula is C10H20ClN3O2S. The standard InChI is InChI=1S/C10H19N3O2S.ClH/c1-7(9(14)11-2)4-13(3)10(15)8-5-16-6-12-8;/h7-8,12H,4-6H2,1-3H3,(H,11,14);1H. The molecule has 17 heavy (non-hydrogen) atoms. The number of hydrogen-bond acceptors (Lipinski definition) is 4. The van der Waals surface area contributed by atoms with Gasteiger partial charge in [-0.1, -0.05) is 6.92 Å². The van der Waals surface area contributed by atoms with Crippen LogP contribution in [0.15, 0.2) is 0 Å². The molecule has 2 unspecified atom stereocenters. The second-order valence-corrected chi connectivity index (χ2v) is 5.04. The first kappa shape index (κ1) is 16.5. The lowest BCUT2D eigenvalue weighted by Gasteiger charge is -2.23. The van der Waals surface area contributed by atoms with E-state index in [0.717, 1.165) is 11.6 Å². The monoisotopic (exact) mass is 281 g/mol. The molecule has 1 aliphatic heterocycles. The lowest BCUT2D eigenvalue weighted by molar-refractivity contribution is -0.133. The van der Waals surface area contributed by atoms with Gasteiger partial charge >= 0.3 is 0 Å². The zero-order valence-corrected chi connectivity index (χ0v) is 12.0. The summed E-state index contributed by atoms with van der Waals surface area (Å²) >= 11 is 1.72. The maximum Gasteiger partial charge on any atom is 0.240 e. The smallest absolute Gasteiger partial charge is 0.240 e. The summed E-state index contributed by atoms with van der Waals surface area (Å²) in [6, 6.07) is -0.0908. The van der Waals surface area contributed by atoms with Crippen molar-refractivity contribution in [3.63, 3.8) is 0 Å². The Morgan fingerprint density at radius 2 is 2.24 bits per heavy atom. The van der Waals surface area contributed by atoms with Crippen LogP contribution in [0, 0.1) is 5.92 Å². The average Bonchev–Trinajstić information content (AvgIpc) is 2.79. The molecule has 2 amide bonds. The Balaban J connectivity index is 0.00000256. The number of amides is 2. The lowest BCUT2D eigenvalue weighted by Crippen LogP contribution is -2.46. The summed E-state index contributed by atoms with van der Waals surface area (Å²) in [6.45, 7) is 2.28. The third kappa shape index (κ3) is 4.73. The maximum absolute atomic E-state index is 11.9. The van der Waals surface area contributed by atoms with Gasteiger partial charge in [-0.2, -0.15) is 0 Å². The summed E-state index contributed by atoms with van der Waals surface area (Å²) < 4.78 is 0. The fourth-order valence-electron chi connectivity index (χ4n) is 1.65. The largest absolute Gasteiger partial charge is 0.359 e. The van der Waals surface area contributed by atoms with E-state index in [1.54, 1.807) is 30.8 Å². The van der Waals surface area contributed by atoms with Crippen LogP contribution in [-0.2, 0) is 9.59 Å². The maximum atomic E-state index is 11.9. The molecule has 0 aliphatic carbocycles. The quantitative estimate of drug-likeness (QED) is 0.756. The average molecular weight is 282 g/mol. The number of carbonyl (C=O) groups excluding carboxylic acids is 2. The van der Waals surface area contributed by atoms with Gasteiger partial charge in [-0.05, 0) is 0 Å². The second kappa shape index (κ2) is 7.79. The molecule has 0 aromatic rings. The molecule has 1 heterocycles. The van der Waals surface area contributed by atoms with Crippen molar-refractivity contribution in [3.05, 3.63) is 0 Å². The van der Waals surface area contributed by atoms with Crippen molar-refractivity contribution < 1.29 is 9.59 Å². The van der Waals surface area contributed by atoms with Gasteiger partial charge in [-0.25, -0.2) is 0 Å². The third-order valence-corrected chi connectivity index (χ3v) is 3.57. The number of rotatable bonds is 4. The van der Waals surface area contributed by atoms with Gasteiger partial charge in [0.2, 0.25) is 11.8 Å². The van der Waals surface area contributed by atoms with Crippen molar-refractivity contribution in [3.8, 4) is 0 Å². The first-order valence-corrected chi connectivity index (χ1v) is 6.49. The highest BCUT2D eigenvalue weighted by atomic mass is 35.5. The molecule has 1 fully saturated rings. The molecule has 0 aromatic heterocycles. The van der Waals surface area contributed by atoms with Crippen LogP contribution in [0.2, 0.25) is 0 Å². The van der Waals surface area contributed by atoms with Crippen molar-refractivity contribution in [2.75, 3.05) is 32.3 Å². The second-order valence-electron chi connectivity index (χ2n) is 4.01. The molecule has 1 rings (SSSR count). The van der Waals surface area contributed by atoms with Gasteiger partial charge < -0.3 is 10.2 Å². The molecule has 2 atom stereocenters. The molecule has 1 aliphatic rings. The van der Waals surface area contributed by atoms with E-state index in [1.807, 2.05) is 6.92 Å². The summed E-state index contributed by atoms with van der Waals surface area (Å²) in [4.78, 5) is 24.9. The summed E-state index contributed by atoms with van der Waals surface area (Å²) in [5.41, 5.74) is 0. The highest BCUT2D eigenvalue weighted by Gasteiger charge is 2.26. The summed E-state index contributed by atoms with van der Waals surface area (Å²) in [7, 11) is 3.35. The molecule has 1 saturated heterocycles. The van der Waals surface area contributed by atoms with E-state index in [2.05, 4.69) is 10.6 Å². The van der Waals surface area contributed by atoms with Gasteiger partial charge in [-0.3, -0.25) is 14.9 Å². The minimum Gasteiger partial charge on any atom is -0.359 e. The van der Waals surface area contributed by atoms with Crippen LogP contribution in [0.4, 0.5) is 0 Å². The molecule has 0 spiro atoms. The van der Waals surface area contributed by atoms with Crippen LogP contribution >= 0.6 is 24.2 Å². The number of halogens is 1. The molecule has 2 N–H and O–H groups in total. The highest BCUT2D eigenvalue weighted by Crippen LogP contribution is 2.12. The summed E-state index contributed by atoms with van der Waals surface area (Å²) in [5, 5.41) is 5.71. The predicted molar refractivity (Wildman–Crippen MR) is 72.4 cm³/mol. The Morgan fingerprint density at radius 3 is 2.71 bits per heavy atom. The zero-order valence-electron chi connectivity index (χ0n) is 10.4. The minimum atomic E-state index is -0.173. The fraction of sp³-hybridized carbons (Fsp3) is 0.800. The van der Waals surface area contributed by atoms with Crippen molar-refractivity contribution in [1.29, 1.82) is 0 Å². The minimum absolute atomic E-state index is 0. The number of hydrogen-bond donors (Lipinski definition) is 2. The zero-order chi connectivity index (χ0) is 12.1. The van der Waals surface area contributed by atoms with Crippen LogP contribution < -0.4 is 10.6 Å². The summed E-state index contributed by atoms with van der Waals surface area (Å²) in [5.74, 6) is 1.51. The Labute approximate surface area is 112 Å². The third-order valence-electron chi connectivity index (χ3n) is 2.63. The Kier molecular flexibility index (Phi) is 7.58. The van der Waals surface area contributed by atoms with Gasteiger partial charge in [0.05, 0.1) is 12.0 Å². The van der Waals surface area contributed by atoms with E-state index in [9.17, 15) is 9.59 Å². The number of nitrogens with zero attached hydrogens (tertiary/aromatic N) is 1. The van der Waals surface area contributed by atoms with Gasteiger partial charge in [0, 0.05) is 32.3 Å². The molecular weight excluding hydrogens is 262 g/mol. The van der Waals surface area contributed by atoms with Crippen molar-refractivity contribution in [2.45, 2.75) is 13.0 Å². The Hall–Kier alpha value is -0.460. The Morgan fingerprint density at radius 1 is 1.59 bits per heavy atom. The number of thioether (sulfide) groups is 1. The summed E-state index contributed by atoms with van der Waals surface area (Å²) in [6.07, 6.45) is 0. The molecule has 0 saturated carbocycles. The van der Waals surface area contributed by atoms with E-state index in [0.29, 0.717) is 6.54 Å². The van der Waals surface area contributed by atoms with Crippen LogP contribution in [-0.4, -0.2) is 55.0 Å². The van der Waals surface area contributed by atoms with Gasteiger partial charge in [0.1, 0.15) is 0 Å². The van der Waals surface area contributed by atoms with E-state index >= 15 is 0 Å². The van der Waals surface area contributed by atoms with Crippen LogP contribution in [0.25, 0.3) is 0 Å². The molecule has 7 heteroatoms. The van der Waals surface area contributed by atoms with E-state index in [-0.39, 0.29) is 36.2 Å². The first-order valence-electron chi connectivity index (χ1n) is 5.34. The SMILES string of the molecule is CNC(=O)C(C)CN(C)C(=O)C1CSCN1.Cl. The van der Waals surface area contributed by atoms with Crippen molar-refractivity contribution >= 4 is 36.0 Å². The van der Waals surface area contributed by atoms with Crippen LogP contribution in [0.3, 0.4) is 0 Å². The van der Waals surface area contributed by atoms with Crippen LogP contribution in [0.1, 0.15) is 6.92 Å². The van der Waals surface area contributed by atoms with Crippen molar-refractivity contribution in [2.24, 2.45) is 5.92 Å². The van der Waals surface area contributed by atoms with E-state index < -0.39 is 0 Å². The van der Waals surface area contributed by atoms with Gasteiger partial charge in [0.25, 0.3) is 0 Å². The predicted octanol–water partition coefficient (Wildman–Crippen LogP) is -0.0888. The fourth-order valence-corrected chi connectivity index (χ4v) is 2.58. The lowest BCUT2D eigenvalue weighted by atomic mass is 10.1. The van der Waals surface area contributed by atoms with E-state index in [4.69, 9.17) is 0 Å². The van der Waals surface area contributed by atoms with Crippen molar-refractivity contribution in [1.82, 2.24) is 15.5 Å². The highest BCUT2D eigenvalue weighted by molar-refractivity contribution is 7.99. The topological polar surface area (TPSA) is 61.4 Å². The first-order chi connectivity index (χ1) is 7.56. The Bertz CT molecular complexity index is 272. The van der Waals surface area contributed by atoms with E-state index in [1.165, 1.54) is 0 Å².